The van der Waals surface area contributed by atoms with Gasteiger partial charge in [-0.2, -0.15) is 0 Å². The first-order valence-corrected chi connectivity index (χ1v) is 7.17. The second kappa shape index (κ2) is 5.91. The standard InChI is InChI=1S/C15H19N3O2S/c1-15(2)14(20)17-13(19)9-18(15)11(8-12(16)21)10-6-4-3-5-7-10/h3-7,11H,8-9H2,1-2H3,(H2,16,21)(H,17,19,20). The summed E-state index contributed by atoms with van der Waals surface area (Å²) in [5, 5.41) is 2.38. The maximum atomic E-state index is 12.1. The number of carbonyl (C=O) groups is 2. The van der Waals surface area contributed by atoms with E-state index in [9.17, 15) is 9.59 Å². The fourth-order valence-electron chi connectivity index (χ4n) is 2.58. The van der Waals surface area contributed by atoms with Gasteiger partial charge in [0.2, 0.25) is 11.8 Å². The fraction of sp³-hybridized carbons (Fsp3) is 0.400. The first-order chi connectivity index (χ1) is 9.82. The highest BCUT2D eigenvalue weighted by atomic mass is 32.1. The molecule has 112 valence electrons. The summed E-state index contributed by atoms with van der Waals surface area (Å²) in [6, 6.07) is 9.46. The average molecular weight is 305 g/mol. The molecule has 0 bridgehead atoms. The van der Waals surface area contributed by atoms with E-state index in [1.165, 1.54) is 0 Å². The van der Waals surface area contributed by atoms with Gasteiger partial charge >= 0.3 is 0 Å². The number of nitrogens with two attached hydrogens (primary N) is 1. The van der Waals surface area contributed by atoms with Crippen molar-refractivity contribution >= 4 is 29.0 Å². The van der Waals surface area contributed by atoms with Crippen LogP contribution in [-0.4, -0.2) is 33.8 Å². The Kier molecular flexibility index (Phi) is 4.39. The predicted molar refractivity (Wildman–Crippen MR) is 84.5 cm³/mol. The van der Waals surface area contributed by atoms with Crippen molar-refractivity contribution in [2.45, 2.75) is 31.8 Å². The van der Waals surface area contributed by atoms with Crippen molar-refractivity contribution in [1.29, 1.82) is 0 Å². The van der Waals surface area contributed by atoms with Gasteiger partial charge in [-0.15, -0.1) is 0 Å². The third kappa shape index (κ3) is 3.28. The number of carbonyl (C=O) groups excluding carboxylic acids is 2. The summed E-state index contributed by atoms with van der Waals surface area (Å²) < 4.78 is 0. The Bertz CT molecular complexity index is 572. The van der Waals surface area contributed by atoms with Crippen LogP contribution in [0.15, 0.2) is 30.3 Å². The van der Waals surface area contributed by atoms with E-state index in [1.54, 1.807) is 13.8 Å². The van der Waals surface area contributed by atoms with Crippen LogP contribution in [0.25, 0.3) is 0 Å². The van der Waals surface area contributed by atoms with Gasteiger partial charge in [-0.25, -0.2) is 0 Å². The maximum absolute atomic E-state index is 12.1. The molecule has 0 radical (unpaired) electrons. The molecule has 5 nitrogen and oxygen atoms in total. The Morgan fingerprint density at radius 3 is 2.57 bits per heavy atom. The summed E-state index contributed by atoms with van der Waals surface area (Å²) in [5.41, 5.74) is 5.90. The minimum Gasteiger partial charge on any atom is -0.393 e. The highest BCUT2D eigenvalue weighted by Crippen LogP contribution is 2.32. The molecule has 1 heterocycles. The van der Waals surface area contributed by atoms with Crippen LogP contribution in [0, 0.1) is 0 Å². The van der Waals surface area contributed by atoms with E-state index < -0.39 is 5.54 Å². The molecular weight excluding hydrogens is 286 g/mol. The molecular formula is C15H19N3O2S. The van der Waals surface area contributed by atoms with Gasteiger partial charge in [-0.3, -0.25) is 19.8 Å². The first kappa shape index (κ1) is 15.6. The summed E-state index contributed by atoms with van der Waals surface area (Å²) in [7, 11) is 0. The van der Waals surface area contributed by atoms with Crippen molar-refractivity contribution < 1.29 is 9.59 Å². The summed E-state index contributed by atoms with van der Waals surface area (Å²) in [6.07, 6.45) is 0.420. The van der Waals surface area contributed by atoms with Crippen LogP contribution in [0.3, 0.4) is 0 Å². The number of hydrogen-bond donors (Lipinski definition) is 2. The lowest BCUT2D eigenvalue weighted by Gasteiger charge is -2.45. The van der Waals surface area contributed by atoms with Crippen molar-refractivity contribution in [2.75, 3.05) is 6.54 Å². The SMILES string of the molecule is CC1(C)C(=O)NC(=O)CN1C(CC(N)=S)c1ccccc1. The van der Waals surface area contributed by atoms with Gasteiger partial charge in [-0.05, 0) is 19.4 Å². The molecule has 2 amide bonds. The van der Waals surface area contributed by atoms with Crippen molar-refractivity contribution in [1.82, 2.24) is 10.2 Å². The molecule has 21 heavy (non-hydrogen) atoms. The lowest BCUT2D eigenvalue weighted by atomic mass is 9.91. The number of benzene rings is 1. The fourth-order valence-corrected chi connectivity index (χ4v) is 2.73. The summed E-state index contributed by atoms with van der Waals surface area (Å²) >= 11 is 5.04. The van der Waals surface area contributed by atoms with E-state index >= 15 is 0 Å². The summed E-state index contributed by atoms with van der Waals surface area (Å²) in [6.45, 7) is 3.73. The van der Waals surface area contributed by atoms with Crippen LogP contribution in [0.4, 0.5) is 0 Å². The number of piperazine rings is 1. The van der Waals surface area contributed by atoms with Crippen LogP contribution in [0.1, 0.15) is 31.9 Å². The van der Waals surface area contributed by atoms with Crippen LogP contribution in [0.5, 0.6) is 0 Å². The molecule has 0 spiro atoms. The highest BCUT2D eigenvalue weighted by molar-refractivity contribution is 7.80. The number of thiocarbonyl (C=S) groups is 1. The molecule has 2 rings (SSSR count). The highest BCUT2D eigenvalue weighted by Gasteiger charge is 2.44. The second-order valence-corrected chi connectivity index (χ2v) is 6.19. The van der Waals surface area contributed by atoms with Crippen LogP contribution in [0.2, 0.25) is 0 Å². The van der Waals surface area contributed by atoms with Crippen LogP contribution >= 0.6 is 12.2 Å². The molecule has 0 aliphatic carbocycles. The molecule has 3 N–H and O–H groups in total. The largest absolute Gasteiger partial charge is 0.393 e. The quantitative estimate of drug-likeness (QED) is 0.644. The molecule has 1 aliphatic rings. The molecule has 1 saturated heterocycles. The minimum absolute atomic E-state index is 0.140. The Morgan fingerprint density at radius 1 is 1.38 bits per heavy atom. The van der Waals surface area contributed by atoms with E-state index in [4.69, 9.17) is 18.0 Å². The average Bonchev–Trinajstić information content (AvgIpc) is 2.41. The molecule has 6 heteroatoms. The van der Waals surface area contributed by atoms with Gasteiger partial charge in [0.25, 0.3) is 0 Å². The zero-order chi connectivity index (χ0) is 15.6. The molecule has 0 aromatic heterocycles. The van der Waals surface area contributed by atoms with Crippen molar-refractivity contribution in [3.63, 3.8) is 0 Å². The normalized spacial score (nSPS) is 19.9. The van der Waals surface area contributed by atoms with Gasteiger partial charge in [0.1, 0.15) is 0 Å². The number of nitrogens with one attached hydrogen (secondary N) is 1. The van der Waals surface area contributed by atoms with E-state index in [1.807, 2.05) is 35.2 Å². The number of hydrogen-bond acceptors (Lipinski definition) is 4. The smallest absolute Gasteiger partial charge is 0.246 e. The Hall–Kier alpha value is -1.79. The summed E-state index contributed by atoms with van der Waals surface area (Å²) in [4.78, 5) is 26.1. The molecule has 1 atom stereocenters. The molecule has 0 saturated carbocycles. The zero-order valence-corrected chi connectivity index (χ0v) is 12.9. The van der Waals surface area contributed by atoms with Crippen molar-refractivity contribution in [3.8, 4) is 0 Å². The Balaban J connectivity index is 2.42. The van der Waals surface area contributed by atoms with E-state index in [-0.39, 0.29) is 24.4 Å². The molecule has 1 fully saturated rings. The van der Waals surface area contributed by atoms with E-state index in [2.05, 4.69) is 5.32 Å². The van der Waals surface area contributed by atoms with Crippen molar-refractivity contribution in [2.24, 2.45) is 5.73 Å². The minimum atomic E-state index is -0.806. The lowest BCUT2D eigenvalue weighted by molar-refractivity contribution is -0.147. The molecule has 1 unspecified atom stereocenters. The number of rotatable bonds is 4. The summed E-state index contributed by atoms with van der Waals surface area (Å²) in [5.74, 6) is -0.606. The monoisotopic (exact) mass is 305 g/mol. The first-order valence-electron chi connectivity index (χ1n) is 6.76. The molecule has 1 aromatic carbocycles. The lowest BCUT2D eigenvalue weighted by Crippen LogP contribution is -2.64. The number of nitrogens with zero attached hydrogens (tertiary/aromatic N) is 1. The van der Waals surface area contributed by atoms with Gasteiger partial charge < -0.3 is 5.73 Å². The topological polar surface area (TPSA) is 75.4 Å². The van der Waals surface area contributed by atoms with E-state index in [0.717, 1.165) is 5.56 Å². The van der Waals surface area contributed by atoms with Crippen LogP contribution < -0.4 is 11.1 Å². The van der Waals surface area contributed by atoms with Gasteiger partial charge in [0.05, 0.1) is 17.1 Å². The molecule has 1 aliphatic heterocycles. The van der Waals surface area contributed by atoms with Gasteiger partial charge in [0.15, 0.2) is 0 Å². The van der Waals surface area contributed by atoms with E-state index in [0.29, 0.717) is 11.4 Å². The third-order valence-corrected chi connectivity index (χ3v) is 3.96. The molecule has 1 aromatic rings. The van der Waals surface area contributed by atoms with Gasteiger partial charge in [0, 0.05) is 12.5 Å². The zero-order valence-electron chi connectivity index (χ0n) is 12.1. The second-order valence-electron chi connectivity index (χ2n) is 5.66. The van der Waals surface area contributed by atoms with Gasteiger partial charge in [-0.1, -0.05) is 42.5 Å². The number of amides is 2. The number of imide groups is 1. The van der Waals surface area contributed by atoms with Crippen molar-refractivity contribution in [3.05, 3.63) is 35.9 Å². The Labute approximate surface area is 129 Å². The maximum Gasteiger partial charge on any atom is 0.246 e. The predicted octanol–water partition coefficient (Wildman–Crippen LogP) is 1.14. The van der Waals surface area contributed by atoms with Crippen LogP contribution in [-0.2, 0) is 9.59 Å². The third-order valence-electron chi connectivity index (χ3n) is 3.80. The Morgan fingerprint density at radius 2 is 2.00 bits per heavy atom.